The fraction of sp³-hybridized carbons (Fsp3) is 0.500. The fourth-order valence-corrected chi connectivity index (χ4v) is 2.00. The predicted octanol–water partition coefficient (Wildman–Crippen LogP) is 1.40. The molecule has 0 aliphatic carbocycles. The number of hydrogen-bond donors (Lipinski definition) is 1. The lowest BCUT2D eigenvalue weighted by Gasteiger charge is -2.14. The van der Waals surface area contributed by atoms with Gasteiger partial charge in [-0.05, 0) is 37.1 Å². The zero-order chi connectivity index (χ0) is 10.7. The van der Waals surface area contributed by atoms with Gasteiger partial charge in [-0.25, -0.2) is 4.39 Å². The highest BCUT2D eigenvalue weighted by atomic mass is 19.1. The Morgan fingerprint density at radius 1 is 1.33 bits per heavy atom. The van der Waals surface area contributed by atoms with Crippen LogP contribution in [-0.4, -0.2) is 30.6 Å². The molecule has 2 N–H and O–H groups in total. The van der Waals surface area contributed by atoms with Gasteiger partial charge in [0.05, 0.1) is 0 Å². The van der Waals surface area contributed by atoms with Crippen LogP contribution in [0.3, 0.4) is 0 Å². The van der Waals surface area contributed by atoms with Gasteiger partial charge in [0, 0.05) is 19.1 Å². The molecule has 82 valence electrons. The Hall–Kier alpha value is -0.930. The largest absolute Gasteiger partial charge is 0.326 e. The van der Waals surface area contributed by atoms with Crippen molar-refractivity contribution in [3.05, 3.63) is 35.6 Å². The Labute approximate surface area is 89.9 Å². The Balaban J connectivity index is 1.80. The Kier molecular flexibility index (Phi) is 3.34. The molecule has 2 nitrogen and oxygen atoms in total. The molecule has 0 radical (unpaired) electrons. The van der Waals surface area contributed by atoms with E-state index in [2.05, 4.69) is 4.90 Å². The maximum absolute atomic E-state index is 12.7. The summed E-state index contributed by atoms with van der Waals surface area (Å²) in [5.74, 6) is -0.165. The standard InChI is InChI=1S/C12H17FN2/c13-11-3-1-10(2-4-11)5-7-15-8-6-12(14)9-15/h1-4,12H,5-9,14H2/t12-/m1/s1. The predicted molar refractivity (Wildman–Crippen MR) is 59.1 cm³/mol. The molecule has 1 aliphatic rings. The molecule has 1 aliphatic heterocycles. The first kappa shape index (κ1) is 10.6. The molecule has 1 aromatic carbocycles. The van der Waals surface area contributed by atoms with E-state index in [-0.39, 0.29) is 5.82 Å². The molecule has 0 aromatic heterocycles. The van der Waals surface area contributed by atoms with Gasteiger partial charge in [0.25, 0.3) is 0 Å². The summed E-state index contributed by atoms with van der Waals surface area (Å²) in [6.45, 7) is 3.13. The number of hydrogen-bond acceptors (Lipinski definition) is 2. The molecule has 15 heavy (non-hydrogen) atoms. The summed E-state index contributed by atoms with van der Waals surface area (Å²) in [7, 11) is 0. The quantitative estimate of drug-likeness (QED) is 0.813. The number of halogens is 1. The molecule has 0 bridgehead atoms. The first-order chi connectivity index (χ1) is 7.24. The highest BCUT2D eigenvalue weighted by molar-refractivity contribution is 5.16. The number of benzene rings is 1. The molecule has 1 fully saturated rings. The maximum atomic E-state index is 12.7. The van der Waals surface area contributed by atoms with Crippen molar-refractivity contribution < 1.29 is 4.39 Å². The molecule has 0 saturated carbocycles. The minimum Gasteiger partial charge on any atom is -0.326 e. The Bertz CT molecular complexity index is 310. The van der Waals surface area contributed by atoms with Crippen molar-refractivity contribution in [2.45, 2.75) is 18.9 Å². The summed E-state index contributed by atoms with van der Waals surface area (Å²) < 4.78 is 12.7. The molecule has 1 saturated heterocycles. The van der Waals surface area contributed by atoms with Gasteiger partial charge in [-0.1, -0.05) is 12.1 Å². The highest BCUT2D eigenvalue weighted by Crippen LogP contribution is 2.09. The normalized spacial score (nSPS) is 22.1. The SMILES string of the molecule is N[C@@H]1CCN(CCc2ccc(F)cc2)C1. The zero-order valence-corrected chi connectivity index (χ0v) is 8.82. The second-order valence-electron chi connectivity index (χ2n) is 4.23. The van der Waals surface area contributed by atoms with Crippen molar-refractivity contribution in [2.75, 3.05) is 19.6 Å². The minimum absolute atomic E-state index is 0.165. The molecule has 1 heterocycles. The van der Waals surface area contributed by atoms with E-state index < -0.39 is 0 Å². The lowest BCUT2D eigenvalue weighted by atomic mass is 10.1. The summed E-state index contributed by atoms with van der Waals surface area (Å²) >= 11 is 0. The van der Waals surface area contributed by atoms with Crippen molar-refractivity contribution in [1.29, 1.82) is 0 Å². The number of likely N-dealkylation sites (tertiary alicyclic amines) is 1. The summed E-state index contributed by atoms with van der Waals surface area (Å²) in [6, 6.07) is 7.09. The van der Waals surface area contributed by atoms with Gasteiger partial charge in [-0.2, -0.15) is 0 Å². The van der Waals surface area contributed by atoms with Gasteiger partial charge in [0.1, 0.15) is 5.82 Å². The van der Waals surface area contributed by atoms with Crippen LogP contribution in [-0.2, 0) is 6.42 Å². The van der Waals surface area contributed by atoms with Crippen LogP contribution in [0.5, 0.6) is 0 Å². The van der Waals surface area contributed by atoms with E-state index in [4.69, 9.17) is 5.73 Å². The van der Waals surface area contributed by atoms with E-state index in [1.54, 1.807) is 0 Å². The maximum Gasteiger partial charge on any atom is 0.123 e. The van der Waals surface area contributed by atoms with Crippen LogP contribution in [0.1, 0.15) is 12.0 Å². The molecule has 0 unspecified atom stereocenters. The lowest BCUT2D eigenvalue weighted by Crippen LogP contribution is -2.28. The van der Waals surface area contributed by atoms with E-state index in [0.717, 1.165) is 32.5 Å². The van der Waals surface area contributed by atoms with E-state index in [1.807, 2.05) is 12.1 Å². The first-order valence-corrected chi connectivity index (χ1v) is 5.46. The monoisotopic (exact) mass is 208 g/mol. The van der Waals surface area contributed by atoms with Crippen LogP contribution in [0.15, 0.2) is 24.3 Å². The molecular weight excluding hydrogens is 191 g/mol. The molecule has 1 aromatic rings. The second-order valence-corrected chi connectivity index (χ2v) is 4.23. The van der Waals surface area contributed by atoms with Crippen molar-refractivity contribution in [3.8, 4) is 0 Å². The van der Waals surface area contributed by atoms with Crippen LogP contribution < -0.4 is 5.73 Å². The molecule has 0 spiro atoms. The number of nitrogens with two attached hydrogens (primary N) is 1. The summed E-state index contributed by atoms with van der Waals surface area (Å²) in [4.78, 5) is 2.37. The van der Waals surface area contributed by atoms with Crippen molar-refractivity contribution in [1.82, 2.24) is 4.90 Å². The molecule has 3 heteroatoms. The Morgan fingerprint density at radius 2 is 2.07 bits per heavy atom. The first-order valence-electron chi connectivity index (χ1n) is 5.46. The van der Waals surface area contributed by atoms with Crippen LogP contribution in [0.25, 0.3) is 0 Å². The zero-order valence-electron chi connectivity index (χ0n) is 8.82. The fourth-order valence-electron chi connectivity index (χ4n) is 2.00. The van der Waals surface area contributed by atoms with Crippen molar-refractivity contribution in [2.24, 2.45) is 5.73 Å². The Morgan fingerprint density at radius 3 is 2.67 bits per heavy atom. The van der Waals surface area contributed by atoms with Gasteiger partial charge in [0.15, 0.2) is 0 Å². The highest BCUT2D eigenvalue weighted by Gasteiger charge is 2.17. The minimum atomic E-state index is -0.165. The van der Waals surface area contributed by atoms with Crippen molar-refractivity contribution in [3.63, 3.8) is 0 Å². The second kappa shape index (κ2) is 4.73. The van der Waals surface area contributed by atoms with Gasteiger partial charge in [-0.15, -0.1) is 0 Å². The lowest BCUT2D eigenvalue weighted by molar-refractivity contribution is 0.339. The van der Waals surface area contributed by atoms with Gasteiger partial charge in [0.2, 0.25) is 0 Å². The van der Waals surface area contributed by atoms with Crippen LogP contribution in [0.4, 0.5) is 4.39 Å². The van der Waals surface area contributed by atoms with Gasteiger partial charge >= 0.3 is 0 Å². The van der Waals surface area contributed by atoms with E-state index >= 15 is 0 Å². The average Bonchev–Trinajstić information content (AvgIpc) is 2.64. The molecule has 1 atom stereocenters. The third-order valence-corrected chi connectivity index (χ3v) is 2.94. The van der Waals surface area contributed by atoms with Gasteiger partial charge in [-0.3, -0.25) is 0 Å². The average molecular weight is 208 g/mol. The topological polar surface area (TPSA) is 29.3 Å². The van der Waals surface area contributed by atoms with Gasteiger partial charge < -0.3 is 10.6 Å². The molecule has 2 rings (SSSR count). The van der Waals surface area contributed by atoms with Crippen molar-refractivity contribution >= 4 is 0 Å². The van der Waals surface area contributed by atoms with E-state index in [0.29, 0.717) is 6.04 Å². The number of rotatable bonds is 3. The van der Waals surface area contributed by atoms with Crippen LogP contribution in [0.2, 0.25) is 0 Å². The summed E-state index contributed by atoms with van der Waals surface area (Å²) in [5, 5.41) is 0. The van der Waals surface area contributed by atoms with E-state index in [1.165, 1.54) is 17.7 Å². The van der Waals surface area contributed by atoms with E-state index in [9.17, 15) is 4.39 Å². The van der Waals surface area contributed by atoms with Crippen LogP contribution in [0, 0.1) is 5.82 Å². The number of nitrogens with zero attached hydrogens (tertiary/aromatic N) is 1. The third-order valence-electron chi connectivity index (χ3n) is 2.94. The summed E-state index contributed by atoms with van der Waals surface area (Å²) in [5.41, 5.74) is 7.01. The summed E-state index contributed by atoms with van der Waals surface area (Å²) in [6.07, 6.45) is 2.08. The smallest absolute Gasteiger partial charge is 0.123 e. The third kappa shape index (κ3) is 3.01. The molecule has 0 amide bonds. The van der Waals surface area contributed by atoms with Crippen LogP contribution >= 0.6 is 0 Å². The molecular formula is C12H17FN2.